The molecule has 6 heteroatoms. The molecule has 112 valence electrons. The lowest BCUT2D eigenvalue weighted by Gasteiger charge is -2.30. The lowest BCUT2D eigenvalue weighted by Crippen LogP contribution is -2.47. The average molecular weight is 296 g/mol. The van der Waals surface area contributed by atoms with E-state index in [2.05, 4.69) is 15.2 Å². The first-order chi connectivity index (χ1) is 10.7. The van der Waals surface area contributed by atoms with E-state index in [1.807, 2.05) is 6.07 Å². The number of piperidine rings is 1. The summed E-state index contributed by atoms with van der Waals surface area (Å²) in [5, 5.41) is 12.7. The number of pyridine rings is 1. The molecule has 6 nitrogen and oxygen atoms in total. The topological polar surface area (TPSA) is 82.2 Å². The van der Waals surface area contributed by atoms with Crippen LogP contribution < -0.4 is 5.32 Å². The van der Waals surface area contributed by atoms with E-state index in [-0.39, 0.29) is 11.9 Å². The SMILES string of the molecule is N#Cc1coc2cc(C(=O)NC3CC4CCN(C4)C3)ncc12. The van der Waals surface area contributed by atoms with Crippen LogP contribution in [0.25, 0.3) is 11.0 Å². The van der Waals surface area contributed by atoms with Crippen LogP contribution in [0, 0.1) is 17.2 Å². The van der Waals surface area contributed by atoms with Crippen LogP contribution in [0.3, 0.4) is 0 Å². The highest BCUT2D eigenvalue weighted by Crippen LogP contribution is 2.27. The molecule has 2 bridgehead atoms. The fourth-order valence-electron chi connectivity index (χ4n) is 3.56. The molecule has 0 aromatic carbocycles. The van der Waals surface area contributed by atoms with E-state index in [1.165, 1.54) is 25.4 Å². The van der Waals surface area contributed by atoms with Gasteiger partial charge >= 0.3 is 0 Å². The number of amides is 1. The van der Waals surface area contributed by atoms with Gasteiger partial charge in [0.25, 0.3) is 5.91 Å². The summed E-state index contributed by atoms with van der Waals surface area (Å²) in [5.74, 6) is 0.530. The number of nitrogens with zero attached hydrogens (tertiary/aromatic N) is 3. The van der Waals surface area contributed by atoms with Gasteiger partial charge in [0, 0.05) is 31.4 Å². The normalized spacial score (nSPS) is 26.8. The third-order valence-corrected chi connectivity index (χ3v) is 4.61. The number of aromatic nitrogens is 1. The van der Waals surface area contributed by atoms with Crippen LogP contribution in [-0.4, -0.2) is 41.5 Å². The van der Waals surface area contributed by atoms with E-state index < -0.39 is 0 Å². The van der Waals surface area contributed by atoms with Gasteiger partial charge in [-0.15, -0.1) is 0 Å². The van der Waals surface area contributed by atoms with Gasteiger partial charge in [0.15, 0.2) is 0 Å². The predicted molar refractivity (Wildman–Crippen MR) is 79.1 cm³/mol. The number of carbonyl (C=O) groups excluding carboxylic acids is 1. The number of hydrogen-bond donors (Lipinski definition) is 1. The van der Waals surface area contributed by atoms with Crippen molar-refractivity contribution in [1.82, 2.24) is 15.2 Å². The zero-order valence-corrected chi connectivity index (χ0v) is 12.1. The Morgan fingerprint density at radius 2 is 2.41 bits per heavy atom. The molecule has 2 fully saturated rings. The summed E-state index contributed by atoms with van der Waals surface area (Å²) in [6.45, 7) is 3.23. The lowest BCUT2D eigenvalue weighted by molar-refractivity contribution is 0.0904. The Bertz CT molecular complexity index is 764. The van der Waals surface area contributed by atoms with E-state index in [9.17, 15) is 4.79 Å². The van der Waals surface area contributed by atoms with E-state index >= 15 is 0 Å². The van der Waals surface area contributed by atoms with E-state index in [4.69, 9.17) is 9.68 Å². The first-order valence-electron chi connectivity index (χ1n) is 7.53. The maximum absolute atomic E-state index is 12.4. The van der Waals surface area contributed by atoms with Gasteiger partial charge in [-0.2, -0.15) is 5.26 Å². The summed E-state index contributed by atoms with van der Waals surface area (Å²) < 4.78 is 5.31. The number of hydrogen-bond acceptors (Lipinski definition) is 5. The zero-order chi connectivity index (χ0) is 15.1. The number of fused-ring (bicyclic) bond motifs is 3. The molecule has 2 aliphatic rings. The molecule has 4 rings (SSSR count). The fourth-order valence-corrected chi connectivity index (χ4v) is 3.56. The summed E-state index contributed by atoms with van der Waals surface area (Å²) in [6, 6.07) is 3.83. The Kier molecular flexibility index (Phi) is 3.09. The van der Waals surface area contributed by atoms with Crippen LogP contribution in [0.2, 0.25) is 0 Å². The second-order valence-electron chi connectivity index (χ2n) is 6.15. The first kappa shape index (κ1) is 13.3. The number of furan rings is 1. The molecule has 3 unspecified atom stereocenters. The molecule has 1 N–H and O–H groups in total. The number of rotatable bonds is 2. The van der Waals surface area contributed by atoms with Crippen molar-refractivity contribution in [3.8, 4) is 6.07 Å². The molecule has 1 amide bonds. The van der Waals surface area contributed by atoms with E-state index in [0.29, 0.717) is 28.1 Å². The summed E-state index contributed by atoms with van der Waals surface area (Å²) in [7, 11) is 0. The Morgan fingerprint density at radius 1 is 1.50 bits per heavy atom. The maximum Gasteiger partial charge on any atom is 0.270 e. The Balaban J connectivity index is 1.52. The highest BCUT2D eigenvalue weighted by atomic mass is 16.3. The Labute approximate surface area is 127 Å². The largest absolute Gasteiger partial charge is 0.463 e. The van der Waals surface area contributed by atoms with Gasteiger partial charge in [-0.1, -0.05) is 0 Å². The van der Waals surface area contributed by atoms with Crippen molar-refractivity contribution in [2.45, 2.75) is 18.9 Å². The highest BCUT2D eigenvalue weighted by Gasteiger charge is 2.33. The quantitative estimate of drug-likeness (QED) is 0.908. The minimum absolute atomic E-state index is 0.177. The van der Waals surface area contributed by atoms with Gasteiger partial charge in [-0.25, -0.2) is 0 Å². The van der Waals surface area contributed by atoms with Crippen LogP contribution in [-0.2, 0) is 0 Å². The van der Waals surface area contributed by atoms with Gasteiger partial charge in [-0.3, -0.25) is 9.78 Å². The monoisotopic (exact) mass is 296 g/mol. The minimum atomic E-state index is -0.177. The third-order valence-electron chi connectivity index (χ3n) is 4.61. The van der Waals surface area contributed by atoms with Crippen LogP contribution >= 0.6 is 0 Å². The molecular weight excluding hydrogens is 280 g/mol. The summed E-state index contributed by atoms with van der Waals surface area (Å²) in [6.07, 6.45) is 5.20. The molecule has 0 aliphatic carbocycles. The van der Waals surface area contributed by atoms with Crippen LogP contribution in [0.15, 0.2) is 22.9 Å². The van der Waals surface area contributed by atoms with Crippen molar-refractivity contribution in [2.75, 3.05) is 19.6 Å². The zero-order valence-electron chi connectivity index (χ0n) is 12.1. The number of nitriles is 1. The van der Waals surface area contributed by atoms with Crippen molar-refractivity contribution >= 4 is 16.9 Å². The molecule has 2 aliphatic heterocycles. The van der Waals surface area contributed by atoms with Gasteiger partial charge in [-0.05, 0) is 25.3 Å². The third kappa shape index (κ3) is 2.24. The predicted octanol–water partition coefficient (Wildman–Crippen LogP) is 1.52. The van der Waals surface area contributed by atoms with Gasteiger partial charge < -0.3 is 14.6 Å². The van der Waals surface area contributed by atoms with Crippen LogP contribution in [0.1, 0.15) is 28.9 Å². The molecule has 2 aromatic heterocycles. The van der Waals surface area contributed by atoms with Gasteiger partial charge in [0.1, 0.15) is 23.6 Å². The first-order valence-corrected chi connectivity index (χ1v) is 7.53. The van der Waals surface area contributed by atoms with Crippen molar-refractivity contribution in [3.05, 3.63) is 29.8 Å². The van der Waals surface area contributed by atoms with Crippen LogP contribution in [0.5, 0.6) is 0 Å². The molecule has 22 heavy (non-hydrogen) atoms. The fraction of sp³-hybridized carbons (Fsp3) is 0.438. The number of carbonyl (C=O) groups is 1. The molecular formula is C16H16N4O2. The Hall–Kier alpha value is -2.39. The van der Waals surface area contributed by atoms with Gasteiger partial charge in [0.2, 0.25) is 0 Å². The maximum atomic E-state index is 12.4. The molecule has 4 heterocycles. The molecule has 2 saturated heterocycles. The highest BCUT2D eigenvalue weighted by molar-refractivity contribution is 5.96. The standard InChI is InChI=1S/C16H16N4O2/c17-5-11-9-22-15-4-14(18-6-13(11)15)16(21)19-12-3-10-1-2-20(7-10)8-12/h4,6,9-10,12H,1-3,7-8H2,(H,19,21). The molecule has 2 aromatic rings. The summed E-state index contributed by atoms with van der Waals surface area (Å²) in [5.41, 5.74) is 1.29. The minimum Gasteiger partial charge on any atom is -0.463 e. The average Bonchev–Trinajstić information content (AvgIpc) is 3.09. The molecule has 0 saturated carbocycles. The lowest BCUT2D eigenvalue weighted by atomic mass is 9.97. The van der Waals surface area contributed by atoms with Crippen LogP contribution in [0.4, 0.5) is 0 Å². The second kappa shape index (κ2) is 5.11. The van der Waals surface area contributed by atoms with Crippen molar-refractivity contribution in [1.29, 1.82) is 5.26 Å². The molecule has 0 spiro atoms. The van der Waals surface area contributed by atoms with Crippen molar-refractivity contribution < 1.29 is 9.21 Å². The molecule has 3 atom stereocenters. The summed E-state index contributed by atoms with van der Waals surface area (Å²) >= 11 is 0. The summed E-state index contributed by atoms with van der Waals surface area (Å²) in [4.78, 5) is 18.9. The Morgan fingerprint density at radius 3 is 3.23 bits per heavy atom. The van der Waals surface area contributed by atoms with E-state index in [0.717, 1.165) is 19.5 Å². The van der Waals surface area contributed by atoms with Gasteiger partial charge in [0.05, 0.1) is 10.9 Å². The van der Waals surface area contributed by atoms with Crippen molar-refractivity contribution in [2.24, 2.45) is 5.92 Å². The molecule has 0 radical (unpaired) electrons. The van der Waals surface area contributed by atoms with Crippen molar-refractivity contribution in [3.63, 3.8) is 0 Å². The van der Waals surface area contributed by atoms with E-state index in [1.54, 1.807) is 6.07 Å². The number of nitrogens with one attached hydrogen (secondary N) is 1. The smallest absolute Gasteiger partial charge is 0.270 e. The second-order valence-corrected chi connectivity index (χ2v) is 6.15.